The number of rotatable bonds is 3. The molecule has 0 aromatic rings. The largest absolute Gasteiger partial charge is 0.465 e. The topological polar surface area (TPSA) is 52.6 Å². The normalized spacial score (nSPS) is 28.8. The van der Waals surface area contributed by atoms with Crippen molar-refractivity contribution < 1.29 is 18.8 Å². The van der Waals surface area contributed by atoms with Crippen molar-refractivity contribution in [3.63, 3.8) is 0 Å². The van der Waals surface area contributed by atoms with Gasteiger partial charge < -0.3 is 9.16 Å². The first kappa shape index (κ1) is 18.4. The number of ether oxygens (including phenoxy) is 1. The fourth-order valence-corrected chi connectivity index (χ4v) is 4.97. The van der Waals surface area contributed by atoms with E-state index in [1.54, 1.807) is 0 Å². The van der Waals surface area contributed by atoms with Gasteiger partial charge in [-0.2, -0.15) is 0 Å². The van der Waals surface area contributed by atoms with Crippen molar-refractivity contribution in [1.29, 1.82) is 0 Å². The predicted octanol–water partition coefficient (Wildman–Crippen LogP) is 4.01. The lowest BCUT2D eigenvalue weighted by Gasteiger charge is -2.44. The third kappa shape index (κ3) is 3.05. The molecule has 0 aliphatic heterocycles. The van der Waals surface area contributed by atoms with E-state index >= 15 is 0 Å². The Hall–Kier alpha value is -0.943. The van der Waals surface area contributed by atoms with Crippen molar-refractivity contribution in [3.8, 4) is 0 Å². The second-order valence-corrected chi connectivity index (χ2v) is 13.3. The minimum Gasteiger partial charge on any atom is -0.465 e. The Bertz CT molecular complexity index is 556. The van der Waals surface area contributed by atoms with Crippen LogP contribution in [-0.2, 0) is 18.8 Å². The fraction of sp³-hybridized carbons (Fsp3) is 0.778. The second kappa shape index (κ2) is 5.85. The maximum absolute atomic E-state index is 12.2. The van der Waals surface area contributed by atoms with Gasteiger partial charge in [-0.25, -0.2) is 4.79 Å². The molecule has 2 rings (SSSR count). The number of methoxy groups -OCH3 is 1. The maximum atomic E-state index is 12.2. The van der Waals surface area contributed by atoms with E-state index in [0.717, 1.165) is 24.8 Å². The maximum Gasteiger partial charge on any atom is 0.341 e. The van der Waals surface area contributed by atoms with Crippen LogP contribution in [0, 0.1) is 5.41 Å². The molecule has 5 heteroatoms. The number of ketones is 1. The van der Waals surface area contributed by atoms with Crippen LogP contribution in [0.1, 0.15) is 53.4 Å². The first-order valence-corrected chi connectivity index (χ1v) is 11.4. The van der Waals surface area contributed by atoms with Crippen molar-refractivity contribution in [3.05, 3.63) is 11.1 Å². The first-order chi connectivity index (χ1) is 10.4. The molecule has 2 aliphatic carbocycles. The van der Waals surface area contributed by atoms with Crippen molar-refractivity contribution in [2.75, 3.05) is 7.11 Å². The molecule has 0 amide bonds. The molecule has 1 unspecified atom stereocenters. The molecule has 1 fully saturated rings. The van der Waals surface area contributed by atoms with Gasteiger partial charge in [0, 0.05) is 11.8 Å². The average Bonchev–Trinajstić information content (AvgIpc) is 2.74. The minimum absolute atomic E-state index is 0.0719. The van der Waals surface area contributed by atoms with Crippen LogP contribution in [0.4, 0.5) is 0 Å². The van der Waals surface area contributed by atoms with E-state index in [-0.39, 0.29) is 22.3 Å². The summed E-state index contributed by atoms with van der Waals surface area (Å²) in [7, 11) is -0.551. The van der Waals surface area contributed by atoms with Crippen molar-refractivity contribution in [1.82, 2.24) is 0 Å². The summed E-state index contributed by atoms with van der Waals surface area (Å²) in [5, 5.41) is 0.144. The van der Waals surface area contributed by atoms with Crippen LogP contribution >= 0.6 is 0 Å². The molecule has 0 saturated heterocycles. The molecule has 0 radical (unpaired) electrons. The molecule has 2 atom stereocenters. The predicted molar refractivity (Wildman–Crippen MR) is 92.7 cm³/mol. The van der Waals surface area contributed by atoms with Crippen LogP contribution in [0.3, 0.4) is 0 Å². The molecule has 1 saturated carbocycles. The second-order valence-electron chi connectivity index (χ2n) is 8.59. The Morgan fingerprint density at radius 3 is 2.39 bits per heavy atom. The highest BCUT2D eigenvalue weighted by atomic mass is 28.4. The van der Waals surface area contributed by atoms with E-state index < -0.39 is 14.3 Å². The Balaban J connectivity index is 2.38. The summed E-state index contributed by atoms with van der Waals surface area (Å²) in [6, 6.07) is 0. The zero-order valence-electron chi connectivity index (χ0n) is 15.5. The average molecular weight is 339 g/mol. The number of hydrogen-bond donors (Lipinski definition) is 0. The van der Waals surface area contributed by atoms with Crippen molar-refractivity contribution in [2.45, 2.75) is 77.6 Å². The van der Waals surface area contributed by atoms with Crippen molar-refractivity contribution in [2.24, 2.45) is 5.41 Å². The quantitative estimate of drug-likeness (QED) is 0.443. The number of esters is 1. The summed E-state index contributed by atoms with van der Waals surface area (Å²) in [4.78, 5) is 24.3. The van der Waals surface area contributed by atoms with Gasteiger partial charge >= 0.3 is 5.97 Å². The number of hydrogen-bond acceptors (Lipinski definition) is 4. The molecular weight excluding hydrogens is 308 g/mol. The fourth-order valence-electron chi connectivity index (χ4n) is 3.52. The van der Waals surface area contributed by atoms with E-state index in [9.17, 15) is 9.59 Å². The third-order valence-electron chi connectivity index (χ3n) is 6.14. The molecule has 0 aromatic carbocycles. The summed E-state index contributed by atoms with van der Waals surface area (Å²) in [5.41, 5.74) is 1.04. The van der Waals surface area contributed by atoms with Gasteiger partial charge in [-0.3, -0.25) is 4.79 Å². The van der Waals surface area contributed by atoms with Gasteiger partial charge in [0.15, 0.2) is 14.1 Å². The monoisotopic (exact) mass is 338 g/mol. The smallest absolute Gasteiger partial charge is 0.341 e. The van der Waals surface area contributed by atoms with E-state index in [0.29, 0.717) is 12.0 Å². The molecular formula is C18H30O4Si. The molecule has 0 aromatic heterocycles. The van der Waals surface area contributed by atoms with Crippen molar-refractivity contribution >= 4 is 20.1 Å². The Labute approximate surface area is 140 Å². The molecule has 23 heavy (non-hydrogen) atoms. The zero-order valence-corrected chi connectivity index (χ0v) is 16.5. The van der Waals surface area contributed by atoms with Gasteiger partial charge in [0.05, 0.1) is 13.2 Å². The van der Waals surface area contributed by atoms with E-state index in [1.807, 2.05) is 0 Å². The van der Waals surface area contributed by atoms with Crippen LogP contribution in [0.15, 0.2) is 11.1 Å². The number of fused-ring (bicyclic) bond motifs is 1. The lowest BCUT2D eigenvalue weighted by molar-refractivity contribution is -0.138. The van der Waals surface area contributed by atoms with Gasteiger partial charge in [-0.1, -0.05) is 27.7 Å². The highest BCUT2D eigenvalue weighted by Gasteiger charge is 2.52. The highest BCUT2D eigenvalue weighted by molar-refractivity contribution is 6.74. The molecule has 130 valence electrons. The molecule has 4 nitrogen and oxygen atoms in total. The summed E-state index contributed by atoms with van der Waals surface area (Å²) in [5.74, 6) is -0.554. The Morgan fingerprint density at radius 1 is 1.26 bits per heavy atom. The number of Topliss-reactive ketones (excluding diaryl/α,β-unsaturated/α-hetero) is 1. The van der Waals surface area contributed by atoms with Gasteiger partial charge in [0.2, 0.25) is 0 Å². The number of carbonyl (C=O) groups is 2. The SMILES string of the molecule is COC(=O)C1=C2CCC(O[Si](C)(C)C(C)(C)C)[C@@]2(C)CCC1=O. The minimum atomic E-state index is -1.89. The van der Waals surface area contributed by atoms with E-state index in [4.69, 9.17) is 9.16 Å². The molecule has 0 bridgehead atoms. The lowest BCUT2D eigenvalue weighted by atomic mass is 9.71. The Kier molecular flexibility index (Phi) is 4.68. The zero-order chi connectivity index (χ0) is 17.6. The van der Waals surface area contributed by atoms with E-state index in [2.05, 4.69) is 40.8 Å². The standard InChI is InChI=1S/C18H30O4Si/c1-17(2,3)23(6,7)22-14-9-8-12-15(16(20)21-5)13(19)10-11-18(12,14)4/h14H,8-11H2,1-7H3/t14?,18-/m0/s1. The number of carbonyl (C=O) groups excluding carboxylic acids is 2. The van der Waals surface area contributed by atoms with Crippen LogP contribution in [0.2, 0.25) is 18.1 Å². The Morgan fingerprint density at radius 2 is 1.87 bits per heavy atom. The lowest BCUT2D eigenvalue weighted by Crippen LogP contribution is -2.48. The van der Waals surface area contributed by atoms with Gasteiger partial charge in [0.25, 0.3) is 0 Å². The third-order valence-corrected chi connectivity index (χ3v) is 10.6. The van der Waals surface area contributed by atoms with Crippen LogP contribution in [0.5, 0.6) is 0 Å². The summed E-state index contributed by atoms with van der Waals surface area (Å²) in [6.07, 6.45) is 2.90. The summed E-state index contributed by atoms with van der Waals surface area (Å²) >= 11 is 0. The van der Waals surface area contributed by atoms with Crippen LogP contribution in [0.25, 0.3) is 0 Å². The van der Waals surface area contributed by atoms with Crippen LogP contribution < -0.4 is 0 Å². The molecule has 2 aliphatic rings. The molecule has 0 spiro atoms. The highest BCUT2D eigenvalue weighted by Crippen LogP contribution is 2.54. The first-order valence-electron chi connectivity index (χ1n) is 8.47. The van der Waals surface area contributed by atoms with Gasteiger partial charge in [-0.05, 0) is 43.0 Å². The molecule has 0 heterocycles. The van der Waals surface area contributed by atoms with Crippen LogP contribution in [-0.4, -0.2) is 33.3 Å². The van der Waals surface area contributed by atoms with E-state index in [1.165, 1.54) is 7.11 Å². The summed E-state index contributed by atoms with van der Waals surface area (Å²) in [6.45, 7) is 13.4. The molecule has 0 N–H and O–H groups in total. The summed E-state index contributed by atoms with van der Waals surface area (Å²) < 4.78 is 11.5. The van der Waals surface area contributed by atoms with Gasteiger partial charge in [0.1, 0.15) is 5.57 Å². The van der Waals surface area contributed by atoms with Gasteiger partial charge in [-0.15, -0.1) is 0 Å².